The lowest BCUT2D eigenvalue weighted by Gasteiger charge is -2.32. The summed E-state index contributed by atoms with van der Waals surface area (Å²) in [5.41, 5.74) is 0. The summed E-state index contributed by atoms with van der Waals surface area (Å²) in [5.74, 6) is 0.623. The molecule has 0 spiro atoms. The molecule has 2 rings (SSSR count). The van der Waals surface area contributed by atoms with E-state index in [1.54, 1.807) is 0 Å². The smallest absolute Gasteiger partial charge is 0.279 e. The van der Waals surface area contributed by atoms with Crippen LogP contribution in [0.1, 0.15) is 26.2 Å². The molecule has 3 N–H and O–H groups in total. The summed E-state index contributed by atoms with van der Waals surface area (Å²) in [5, 5.41) is 12.9. The lowest BCUT2D eigenvalue weighted by molar-refractivity contribution is 0.0841. The van der Waals surface area contributed by atoms with Crippen LogP contribution in [0.25, 0.3) is 0 Å². The third-order valence-corrected chi connectivity index (χ3v) is 5.78. The molecule has 0 saturated carbocycles. The van der Waals surface area contributed by atoms with E-state index in [-0.39, 0.29) is 5.92 Å². The fraction of sp³-hybridized carbons (Fsp3) is 1.00. The maximum Gasteiger partial charge on any atom is 0.279 e. The van der Waals surface area contributed by atoms with Crippen molar-refractivity contribution in [2.24, 2.45) is 11.8 Å². The van der Waals surface area contributed by atoms with Gasteiger partial charge in [-0.05, 0) is 31.7 Å². The molecule has 2 atom stereocenters. The van der Waals surface area contributed by atoms with Crippen LogP contribution in [0.2, 0.25) is 0 Å². The molecule has 2 heterocycles. The van der Waals surface area contributed by atoms with Gasteiger partial charge in [-0.25, -0.2) is 4.72 Å². The average Bonchev–Trinajstić information content (AvgIpc) is 2.38. The Balaban J connectivity index is 1.83. The first-order valence-electron chi connectivity index (χ1n) is 7.12. The van der Waals surface area contributed by atoms with Crippen molar-refractivity contribution < 1.29 is 13.5 Å². The predicted molar refractivity (Wildman–Crippen MR) is 73.9 cm³/mol. The number of piperidine rings is 2. The molecule has 19 heavy (non-hydrogen) atoms. The molecule has 0 amide bonds. The summed E-state index contributed by atoms with van der Waals surface area (Å²) >= 11 is 0. The van der Waals surface area contributed by atoms with E-state index < -0.39 is 16.3 Å². The molecule has 2 aliphatic heterocycles. The number of hydrogen-bond donors (Lipinski definition) is 3. The molecule has 0 aromatic carbocycles. The topological polar surface area (TPSA) is 81.7 Å². The zero-order chi connectivity index (χ0) is 13.9. The van der Waals surface area contributed by atoms with E-state index in [0.29, 0.717) is 32.1 Å². The zero-order valence-electron chi connectivity index (χ0n) is 11.5. The summed E-state index contributed by atoms with van der Waals surface area (Å²) in [6.07, 6.45) is 2.20. The highest BCUT2D eigenvalue weighted by Gasteiger charge is 2.29. The molecule has 0 radical (unpaired) electrons. The number of aliphatic hydroxyl groups excluding tert-OH is 1. The van der Waals surface area contributed by atoms with Crippen molar-refractivity contribution in [1.82, 2.24) is 14.3 Å². The van der Waals surface area contributed by atoms with Crippen molar-refractivity contribution in [1.29, 1.82) is 0 Å². The summed E-state index contributed by atoms with van der Waals surface area (Å²) in [6, 6.07) is 0. The minimum absolute atomic E-state index is 0.0136. The number of aliphatic hydroxyl groups is 1. The van der Waals surface area contributed by atoms with E-state index in [0.717, 1.165) is 25.8 Å². The standard InChI is InChI=1S/C12H25N3O3S/c1-10-3-6-15(7-4-10)19(17,18)14-8-11-2-5-13-9-12(11)16/h10-14,16H,2-9H2,1H3/t11-,12+/m0/s1. The van der Waals surface area contributed by atoms with Crippen LogP contribution in [0, 0.1) is 11.8 Å². The lowest BCUT2D eigenvalue weighted by Crippen LogP contribution is -2.49. The van der Waals surface area contributed by atoms with Gasteiger partial charge in [0.1, 0.15) is 0 Å². The highest BCUT2D eigenvalue weighted by atomic mass is 32.2. The van der Waals surface area contributed by atoms with Crippen molar-refractivity contribution >= 4 is 10.2 Å². The van der Waals surface area contributed by atoms with Crippen LogP contribution >= 0.6 is 0 Å². The molecular formula is C12H25N3O3S. The normalized spacial score (nSPS) is 31.5. The van der Waals surface area contributed by atoms with Gasteiger partial charge in [0, 0.05) is 32.1 Å². The molecule has 112 valence electrons. The predicted octanol–water partition coefficient (Wildman–Crippen LogP) is -0.477. The SMILES string of the molecule is CC1CCN(S(=O)(=O)NC[C@@H]2CCNC[C@H]2O)CC1. The van der Waals surface area contributed by atoms with Crippen LogP contribution < -0.4 is 10.0 Å². The number of nitrogens with zero attached hydrogens (tertiary/aromatic N) is 1. The zero-order valence-corrected chi connectivity index (χ0v) is 12.3. The quantitative estimate of drug-likeness (QED) is 0.654. The Bertz CT molecular complexity index is 380. The number of β-amino-alcohol motifs (C(OH)–C–C–N with tert-alkyl or cyclic N) is 1. The van der Waals surface area contributed by atoms with Crippen molar-refractivity contribution in [3.8, 4) is 0 Å². The molecule has 2 fully saturated rings. The van der Waals surface area contributed by atoms with E-state index in [1.165, 1.54) is 4.31 Å². The van der Waals surface area contributed by atoms with Crippen LogP contribution in [0.3, 0.4) is 0 Å². The largest absolute Gasteiger partial charge is 0.391 e. The Morgan fingerprint density at radius 3 is 2.63 bits per heavy atom. The lowest BCUT2D eigenvalue weighted by atomic mass is 9.96. The molecule has 0 aromatic heterocycles. The third-order valence-electron chi connectivity index (χ3n) is 4.20. The van der Waals surface area contributed by atoms with E-state index in [4.69, 9.17) is 0 Å². The van der Waals surface area contributed by atoms with E-state index >= 15 is 0 Å². The van der Waals surface area contributed by atoms with E-state index in [1.807, 2.05) is 0 Å². The highest BCUT2D eigenvalue weighted by Crippen LogP contribution is 2.18. The second kappa shape index (κ2) is 6.49. The Kier molecular flexibility index (Phi) is 5.19. The van der Waals surface area contributed by atoms with Crippen LogP contribution in [0.4, 0.5) is 0 Å². The van der Waals surface area contributed by atoms with Crippen molar-refractivity contribution in [3.63, 3.8) is 0 Å². The monoisotopic (exact) mass is 291 g/mol. The van der Waals surface area contributed by atoms with Gasteiger partial charge in [-0.1, -0.05) is 6.92 Å². The first-order valence-corrected chi connectivity index (χ1v) is 8.56. The van der Waals surface area contributed by atoms with Gasteiger partial charge in [-0.15, -0.1) is 0 Å². The molecule has 7 heteroatoms. The second-order valence-electron chi connectivity index (χ2n) is 5.76. The highest BCUT2D eigenvalue weighted by molar-refractivity contribution is 7.87. The fourth-order valence-electron chi connectivity index (χ4n) is 2.66. The summed E-state index contributed by atoms with van der Waals surface area (Å²) in [6.45, 7) is 5.08. The molecule has 2 aliphatic rings. The van der Waals surface area contributed by atoms with Gasteiger partial charge in [0.15, 0.2) is 0 Å². The fourth-order valence-corrected chi connectivity index (χ4v) is 3.96. The van der Waals surface area contributed by atoms with Crippen molar-refractivity contribution in [2.75, 3.05) is 32.7 Å². The number of rotatable bonds is 4. The van der Waals surface area contributed by atoms with E-state index in [2.05, 4.69) is 17.0 Å². The molecule has 2 saturated heterocycles. The maximum atomic E-state index is 12.2. The first-order chi connectivity index (χ1) is 8.99. The Hall–Kier alpha value is -0.210. The van der Waals surface area contributed by atoms with Crippen molar-refractivity contribution in [2.45, 2.75) is 32.3 Å². The molecule has 0 unspecified atom stereocenters. The molecule has 0 aliphatic carbocycles. The first kappa shape index (κ1) is 15.2. The molecule has 0 aromatic rings. The molecule has 6 nitrogen and oxygen atoms in total. The van der Waals surface area contributed by atoms with Gasteiger partial charge in [0.2, 0.25) is 0 Å². The minimum Gasteiger partial charge on any atom is -0.391 e. The summed E-state index contributed by atoms with van der Waals surface area (Å²) in [7, 11) is -3.38. The van der Waals surface area contributed by atoms with Gasteiger partial charge >= 0.3 is 0 Å². The van der Waals surface area contributed by atoms with Crippen LogP contribution in [0.15, 0.2) is 0 Å². The van der Waals surface area contributed by atoms with Gasteiger partial charge < -0.3 is 10.4 Å². The third kappa shape index (κ3) is 4.13. The Morgan fingerprint density at radius 1 is 1.32 bits per heavy atom. The molecular weight excluding hydrogens is 266 g/mol. The van der Waals surface area contributed by atoms with Gasteiger partial charge in [-0.2, -0.15) is 12.7 Å². The van der Waals surface area contributed by atoms with Gasteiger partial charge in [0.05, 0.1) is 6.10 Å². The van der Waals surface area contributed by atoms with Gasteiger partial charge in [0.25, 0.3) is 10.2 Å². The summed E-state index contributed by atoms with van der Waals surface area (Å²) < 4.78 is 28.5. The van der Waals surface area contributed by atoms with Crippen molar-refractivity contribution in [3.05, 3.63) is 0 Å². The van der Waals surface area contributed by atoms with Crippen LogP contribution in [-0.2, 0) is 10.2 Å². The number of nitrogens with one attached hydrogen (secondary N) is 2. The second-order valence-corrected chi connectivity index (χ2v) is 7.51. The average molecular weight is 291 g/mol. The van der Waals surface area contributed by atoms with Gasteiger partial charge in [-0.3, -0.25) is 0 Å². The van der Waals surface area contributed by atoms with E-state index in [9.17, 15) is 13.5 Å². The maximum absolute atomic E-state index is 12.2. The summed E-state index contributed by atoms with van der Waals surface area (Å²) in [4.78, 5) is 0. The van der Waals surface area contributed by atoms with Crippen LogP contribution in [0.5, 0.6) is 0 Å². The molecule has 0 bridgehead atoms. The Morgan fingerprint density at radius 2 is 2.00 bits per heavy atom. The number of hydrogen-bond acceptors (Lipinski definition) is 4. The minimum atomic E-state index is -3.38. The Labute approximate surface area is 115 Å². The van der Waals surface area contributed by atoms with Crippen LogP contribution in [-0.4, -0.2) is 56.7 Å².